The molecule has 0 aromatic heterocycles. The first-order chi connectivity index (χ1) is 8.61. The lowest BCUT2D eigenvalue weighted by atomic mass is 10.2. The predicted molar refractivity (Wildman–Crippen MR) is 65.5 cm³/mol. The van der Waals surface area contributed by atoms with Crippen LogP contribution in [0, 0.1) is 5.82 Å². The molecule has 1 rings (SSSR count). The summed E-state index contributed by atoms with van der Waals surface area (Å²) in [5.74, 6) is -0.958. The topological polar surface area (TPSA) is 55.4 Å². The third kappa shape index (κ3) is 5.43. The third-order valence-electron chi connectivity index (χ3n) is 2.20. The first-order valence-electron chi connectivity index (χ1n) is 5.83. The number of esters is 1. The quantitative estimate of drug-likeness (QED) is 0.792. The fourth-order valence-corrected chi connectivity index (χ4v) is 1.42. The number of benzene rings is 1. The number of rotatable bonds is 6. The van der Waals surface area contributed by atoms with Gasteiger partial charge in [0.05, 0.1) is 6.61 Å². The molecule has 0 fully saturated rings. The van der Waals surface area contributed by atoms with Crippen LogP contribution in [-0.2, 0) is 14.3 Å². The van der Waals surface area contributed by atoms with Gasteiger partial charge in [0.1, 0.15) is 5.82 Å². The molecule has 4 nitrogen and oxygen atoms in total. The minimum Gasteiger partial charge on any atom is -0.466 e. The van der Waals surface area contributed by atoms with Gasteiger partial charge >= 0.3 is 5.97 Å². The van der Waals surface area contributed by atoms with Gasteiger partial charge in [-0.2, -0.15) is 0 Å². The smallest absolute Gasteiger partial charge is 0.305 e. The van der Waals surface area contributed by atoms with Crippen molar-refractivity contribution in [1.29, 1.82) is 0 Å². The van der Waals surface area contributed by atoms with Gasteiger partial charge in [-0.3, -0.25) is 9.59 Å². The number of carbonyl (C=O) groups is 2. The summed E-state index contributed by atoms with van der Waals surface area (Å²) in [7, 11) is 0. The Labute approximate surface area is 105 Å². The lowest BCUT2D eigenvalue weighted by molar-refractivity contribution is -0.143. The number of carbonyl (C=O) groups excluding carboxylic acids is 2. The molecule has 5 heteroatoms. The number of halogens is 1. The van der Waals surface area contributed by atoms with E-state index in [-0.39, 0.29) is 24.7 Å². The SMILES string of the molecule is CCOC(=O)CCCC(=O)Nc1cccc(F)c1. The van der Waals surface area contributed by atoms with Crippen LogP contribution >= 0.6 is 0 Å². The molecular formula is C13H16FNO3. The summed E-state index contributed by atoms with van der Waals surface area (Å²) in [6.07, 6.45) is 0.833. The maximum absolute atomic E-state index is 12.8. The van der Waals surface area contributed by atoms with E-state index in [4.69, 9.17) is 4.74 Å². The molecule has 1 aromatic rings. The second-order valence-electron chi connectivity index (χ2n) is 3.72. The Bertz CT molecular complexity index is 420. The first kappa shape index (κ1) is 14.2. The molecule has 0 aliphatic carbocycles. The van der Waals surface area contributed by atoms with Crippen LogP contribution in [0.3, 0.4) is 0 Å². The van der Waals surface area contributed by atoms with Gasteiger partial charge in [-0.1, -0.05) is 6.07 Å². The summed E-state index contributed by atoms with van der Waals surface area (Å²) in [4.78, 5) is 22.5. The summed E-state index contributed by atoms with van der Waals surface area (Å²) in [5.41, 5.74) is 0.413. The van der Waals surface area contributed by atoms with E-state index < -0.39 is 5.82 Å². The average Bonchev–Trinajstić information content (AvgIpc) is 2.29. The van der Waals surface area contributed by atoms with E-state index in [1.54, 1.807) is 13.0 Å². The molecule has 98 valence electrons. The molecule has 0 bridgehead atoms. The molecule has 1 N–H and O–H groups in total. The summed E-state index contributed by atoms with van der Waals surface area (Å²) in [5, 5.41) is 2.56. The van der Waals surface area contributed by atoms with Gasteiger partial charge in [0.25, 0.3) is 0 Å². The van der Waals surface area contributed by atoms with Gasteiger partial charge in [-0.25, -0.2) is 4.39 Å². The maximum atomic E-state index is 12.8. The van der Waals surface area contributed by atoms with Crippen molar-refractivity contribution in [1.82, 2.24) is 0 Å². The van der Waals surface area contributed by atoms with E-state index in [1.807, 2.05) is 0 Å². The van der Waals surface area contributed by atoms with Crippen LogP contribution in [0.2, 0.25) is 0 Å². The van der Waals surface area contributed by atoms with Gasteiger partial charge in [-0.15, -0.1) is 0 Å². The van der Waals surface area contributed by atoms with Gasteiger partial charge in [-0.05, 0) is 31.5 Å². The van der Waals surface area contributed by atoms with Crippen LogP contribution in [0.15, 0.2) is 24.3 Å². The van der Waals surface area contributed by atoms with E-state index >= 15 is 0 Å². The van der Waals surface area contributed by atoms with E-state index in [9.17, 15) is 14.0 Å². The number of hydrogen-bond donors (Lipinski definition) is 1. The van der Waals surface area contributed by atoms with Gasteiger partial charge in [0.15, 0.2) is 0 Å². The van der Waals surface area contributed by atoms with E-state index in [1.165, 1.54) is 18.2 Å². The number of hydrogen-bond acceptors (Lipinski definition) is 3. The standard InChI is InChI=1S/C13H16FNO3/c1-2-18-13(17)8-4-7-12(16)15-11-6-3-5-10(14)9-11/h3,5-6,9H,2,4,7-8H2,1H3,(H,15,16). The highest BCUT2D eigenvalue weighted by molar-refractivity contribution is 5.90. The lowest BCUT2D eigenvalue weighted by Gasteiger charge is -2.05. The fraction of sp³-hybridized carbons (Fsp3) is 0.385. The Kier molecular flexibility index (Phi) is 5.84. The van der Waals surface area contributed by atoms with Crippen LogP contribution in [0.25, 0.3) is 0 Å². The Balaban J connectivity index is 2.28. The molecule has 0 saturated heterocycles. The molecule has 1 amide bonds. The Morgan fingerprint density at radius 1 is 1.33 bits per heavy atom. The molecule has 0 radical (unpaired) electrons. The molecule has 0 atom stereocenters. The van der Waals surface area contributed by atoms with E-state index in [0.29, 0.717) is 18.7 Å². The Morgan fingerprint density at radius 2 is 2.11 bits per heavy atom. The summed E-state index contributed by atoms with van der Waals surface area (Å²) < 4.78 is 17.6. The molecular weight excluding hydrogens is 237 g/mol. The zero-order valence-electron chi connectivity index (χ0n) is 10.2. The van der Waals surface area contributed by atoms with Crippen LogP contribution in [0.4, 0.5) is 10.1 Å². The van der Waals surface area contributed by atoms with Crippen molar-refractivity contribution in [3.63, 3.8) is 0 Å². The molecule has 18 heavy (non-hydrogen) atoms. The van der Waals surface area contributed by atoms with E-state index in [0.717, 1.165) is 0 Å². The zero-order valence-corrected chi connectivity index (χ0v) is 10.2. The molecule has 1 aromatic carbocycles. The molecule has 0 aliphatic heterocycles. The molecule has 0 spiro atoms. The summed E-state index contributed by atoms with van der Waals surface area (Å²) in [6, 6.07) is 5.66. The third-order valence-corrected chi connectivity index (χ3v) is 2.20. The number of ether oxygens (including phenoxy) is 1. The second-order valence-corrected chi connectivity index (χ2v) is 3.72. The highest BCUT2D eigenvalue weighted by Crippen LogP contribution is 2.10. The van der Waals surface area contributed by atoms with Gasteiger partial charge in [0.2, 0.25) is 5.91 Å². The molecule has 0 unspecified atom stereocenters. The zero-order chi connectivity index (χ0) is 13.4. The van der Waals surface area contributed by atoms with Crippen molar-refractivity contribution >= 4 is 17.6 Å². The number of amides is 1. The van der Waals surface area contributed by atoms with Crippen LogP contribution < -0.4 is 5.32 Å². The second kappa shape index (κ2) is 7.42. The number of anilines is 1. The molecule has 0 aliphatic rings. The summed E-state index contributed by atoms with van der Waals surface area (Å²) >= 11 is 0. The largest absolute Gasteiger partial charge is 0.466 e. The van der Waals surface area contributed by atoms with Crippen molar-refractivity contribution in [2.45, 2.75) is 26.2 Å². The van der Waals surface area contributed by atoms with Crippen molar-refractivity contribution in [2.75, 3.05) is 11.9 Å². The molecule has 0 heterocycles. The average molecular weight is 253 g/mol. The van der Waals surface area contributed by atoms with Crippen LogP contribution in [0.5, 0.6) is 0 Å². The number of nitrogens with one attached hydrogen (secondary N) is 1. The van der Waals surface area contributed by atoms with Crippen LogP contribution in [-0.4, -0.2) is 18.5 Å². The molecule has 0 saturated carbocycles. The van der Waals surface area contributed by atoms with Crippen molar-refractivity contribution in [2.24, 2.45) is 0 Å². The lowest BCUT2D eigenvalue weighted by Crippen LogP contribution is -2.12. The van der Waals surface area contributed by atoms with E-state index in [2.05, 4.69) is 5.32 Å². The van der Waals surface area contributed by atoms with Gasteiger partial charge < -0.3 is 10.1 Å². The summed E-state index contributed by atoms with van der Waals surface area (Å²) in [6.45, 7) is 2.07. The predicted octanol–water partition coefficient (Wildman–Crippen LogP) is 2.50. The Hall–Kier alpha value is -1.91. The van der Waals surface area contributed by atoms with Crippen molar-refractivity contribution in [3.05, 3.63) is 30.1 Å². The minimum absolute atomic E-state index is 0.204. The van der Waals surface area contributed by atoms with Crippen molar-refractivity contribution < 1.29 is 18.7 Å². The van der Waals surface area contributed by atoms with Crippen molar-refractivity contribution in [3.8, 4) is 0 Å². The monoisotopic (exact) mass is 253 g/mol. The van der Waals surface area contributed by atoms with Crippen LogP contribution in [0.1, 0.15) is 26.2 Å². The highest BCUT2D eigenvalue weighted by Gasteiger charge is 2.06. The van der Waals surface area contributed by atoms with Gasteiger partial charge in [0, 0.05) is 18.5 Å². The normalized spacial score (nSPS) is 9.89. The first-order valence-corrected chi connectivity index (χ1v) is 5.83. The maximum Gasteiger partial charge on any atom is 0.305 e. The fourth-order valence-electron chi connectivity index (χ4n) is 1.42. The minimum atomic E-state index is -0.403. The Morgan fingerprint density at radius 3 is 2.78 bits per heavy atom. The highest BCUT2D eigenvalue weighted by atomic mass is 19.1.